The lowest BCUT2D eigenvalue weighted by atomic mass is 10.2. The largest absolute Gasteiger partial charge is 0.379 e. The Balaban J connectivity index is 2.13. The molecule has 1 rings (SSSR count). The molecule has 0 aliphatic carbocycles. The van der Waals surface area contributed by atoms with Crippen LogP contribution in [0.2, 0.25) is 0 Å². The van der Waals surface area contributed by atoms with Gasteiger partial charge < -0.3 is 10.1 Å². The zero-order chi connectivity index (χ0) is 5.82. The molecule has 0 aromatic carbocycles. The molecule has 1 aliphatic rings. The van der Waals surface area contributed by atoms with E-state index >= 15 is 0 Å². The molecule has 0 aromatic heterocycles. The number of morpholine rings is 1. The van der Waals surface area contributed by atoms with Crippen LogP contribution in [0.5, 0.6) is 0 Å². The standard InChI is InChI=1S/C6H12NO/c1-2-6-5-8-4-3-7-6/h6-7H,1-5H2. The van der Waals surface area contributed by atoms with E-state index in [0.717, 1.165) is 26.2 Å². The quantitative estimate of drug-likeness (QED) is 0.525. The molecule has 1 atom stereocenters. The van der Waals surface area contributed by atoms with Crippen molar-refractivity contribution in [3.8, 4) is 0 Å². The van der Waals surface area contributed by atoms with Crippen LogP contribution in [0.15, 0.2) is 0 Å². The number of nitrogens with one attached hydrogen (secondary N) is 1. The average Bonchev–Trinajstić information content (AvgIpc) is 1.90. The maximum Gasteiger partial charge on any atom is 0.0620 e. The first-order valence-corrected chi connectivity index (χ1v) is 3.04. The van der Waals surface area contributed by atoms with E-state index in [9.17, 15) is 0 Å². The molecule has 2 heteroatoms. The highest BCUT2D eigenvalue weighted by Crippen LogP contribution is 1.95. The van der Waals surface area contributed by atoms with Gasteiger partial charge in [-0.3, -0.25) is 0 Å². The molecule has 1 heterocycles. The first kappa shape index (κ1) is 6.05. The third-order valence-electron chi connectivity index (χ3n) is 1.35. The summed E-state index contributed by atoms with van der Waals surface area (Å²) in [6.45, 7) is 6.45. The Morgan fingerprint density at radius 2 is 2.62 bits per heavy atom. The van der Waals surface area contributed by atoms with Gasteiger partial charge in [-0.05, 0) is 6.42 Å². The van der Waals surface area contributed by atoms with Crippen molar-refractivity contribution in [2.24, 2.45) is 0 Å². The molecule has 0 saturated carbocycles. The second-order valence-corrected chi connectivity index (χ2v) is 2.01. The van der Waals surface area contributed by atoms with Crippen LogP contribution in [0.4, 0.5) is 0 Å². The fraction of sp³-hybridized carbons (Fsp3) is 0.833. The highest BCUT2D eigenvalue weighted by molar-refractivity contribution is 4.69. The van der Waals surface area contributed by atoms with E-state index in [-0.39, 0.29) is 0 Å². The Labute approximate surface area is 50.2 Å². The number of hydrogen-bond acceptors (Lipinski definition) is 2. The number of ether oxygens (including phenoxy) is 1. The SMILES string of the molecule is [CH2]CC1COCCN1. The fourth-order valence-corrected chi connectivity index (χ4v) is 0.805. The summed E-state index contributed by atoms with van der Waals surface area (Å²) in [7, 11) is 0. The van der Waals surface area contributed by atoms with Gasteiger partial charge in [0.25, 0.3) is 0 Å². The minimum atomic E-state index is 0.503. The van der Waals surface area contributed by atoms with Crippen molar-refractivity contribution in [1.29, 1.82) is 0 Å². The van der Waals surface area contributed by atoms with Crippen LogP contribution in [0.3, 0.4) is 0 Å². The van der Waals surface area contributed by atoms with Crippen molar-refractivity contribution in [2.45, 2.75) is 12.5 Å². The average molecular weight is 114 g/mol. The zero-order valence-electron chi connectivity index (χ0n) is 5.02. The van der Waals surface area contributed by atoms with Crippen molar-refractivity contribution < 1.29 is 4.74 Å². The first-order valence-electron chi connectivity index (χ1n) is 3.04. The van der Waals surface area contributed by atoms with Gasteiger partial charge in [0.1, 0.15) is 0 Å². The van der Waals surface area contributed by atoms with Crippen LogP contribution < -0.4 is 5.32 Å². The molecule has 1 saturated heterocycles. The van der Waals surface area contributed by atoms with Crippen molar-refractivity contribution in [3.05, 3.63) is 6.92 Å². The van der Waals surface area contributed by atoms with Gasteiger partial charge in [-0.2, -0.15) is 0 Å². The van der Waals surface area contributed by atoms with Gasteiger partial charge in [0.2, 0.25) is 0 Å². The van der Waals surface area contributed by atoms with Gasteiger partial charge in [0.05, 0.1) is 13.2 Å². The summed E-state index contributed by atoms with van der Waals surface area (Å²) in [6, 6.07) is 0.503. The maximum atomic E-state index is 5.17. The second kappa shape index (κ2) is 3.05. The molecule has 2 nitrogen and oxygen atoms in total. The third kappa shape index (κ3) is 1.46. The topological polar surface area (TPSA) is 21.3 Å². The van der Waals surface area contributed by atoms with E-state index in [0.29, 0.717) is 6.04 Å². The van der Waals surface area contributed by atoms with Crippen LogP contribution in [0.1, 0.15) is 6.42 Å². The minimum Gasteiger partial charge on any atom is -0.379 e. The van der Waals surface area contributed by atoms with Gasteiger partial charge in [-0.15, -0.1) is 0 Å². The highest BCUT2D eigenvalue weighted by Gasteiger charge is 2.08. The lowest BCUT2D eigenvalue weighted by Gasteiger charge is -2.21. The van der Waals surface area contributed by atoms with Crippen LogP contribution in [0.25, 0.3) is 0 Å². The summed E-state index contributed by atoms with van der Waals surface area (Å²) >= 11 is 0. The molecule has 0 bridgehead atoms. The first-order chi connectivity index (χ1) is 3.93. The molecule has 0 spiro atoms. The molecule has 1 fully saturated rings. The molecule has 0 aromatic rings. The van der Waals surface area contributed by atoms with Gasteiger partial charge >= 0.3 is 0 Å². The van der Waals surface area contributed by atoms with E-state index in [1.807, 2.05) is 0 Å². The molecule has 0 amide bonds. The Hall–Kier alpha value is -0.0800. The van der Waals surface area contributed by atoms with Gasteiger partial charge in [0.15, 0.2) is 0 Å². The summed E-state index contributed by atoms with van der Waals surface area (Å²) < 4.78 is 5.17. The lowest BCUT2D eigenvalue weighted by molar-refractivity contribution is 0.0776. The van der Waals surface area contributed by atoms with E-state index in [1.54, 1.807) is 0 Å². The Morgan fingerprint density at radius 3 is 3.00 bits per heavy atom. The van der Waals surface area contributed by atoms with Crippen LogP contribution in [-0.2, 0) is 4.74 Å². The molecule has 1 radical (unpaired) electrons. The van der Waals surface area contributed by atoms with Crippen LogP contribution in [0, 0.1) is 6.92 Å². The van der Waals surface area contributed by atoms with E-state index < -0.39 is 0 Å². The van der Waals surface area contributed by atoms with Crippen LogP contribution >= 0.6 is 0 Å². The van der Waals surface area contributed by atoms with Crippen LogP contribution in [-0.4, -0.2) is 25.8 Å². The number of rotatable bonds is 1. The van der Waals surface area contributed by atoms with Gasteiger partial charge in [-0.1, -0.05) is 6.92 Å². The van der Waals surface area contributed by atoms with Crippen molar-refractivity contribution >= 4 is 0 Å². The van der Waals surface area contributed by atoms with Gasteiger partial charge in [-0.25, -0.2) is 0 Å². The molecule has 1 unspecified atom stereocenters. The summed E-state index contributed by atoms with van der Waals surface area (Å²) in [6.07, 6.45) is 0.931. The van der Waals surface area contributed by atoms with E-state index in [4.69, 9.17) is 4.74 Å². The molecule has 8 heavy (non-hydrogen) atoms. The second-order valence-electron chi connectivity index (χ2n) is 2.01. The molecular formula is C6H12NO. The molecule has 1 N–H and O–H groups in total. The monoisotopic (exact) mass is 114 g/mol. The van der Waals surface area contributed by atoms with E-state index in [1.165, 1.54) is 0 Å². The third-order valence-corrected chi connectivity index (χ3v) is 1.35. The lowest BCUT2D eigenvalue weighted by Crippen LogP contribution is -2.40. The predicted octanol–water partition coefficient (Wildman–Crippen LogP) is 0.199. The summed E-state index contributed by atoms with van der Waals surface area (Å²) in [5, 5.41) is 3.28. The fourth-order valence-electron chi connectivity index (χ4n) is 0.805. The summed E-state index contributed by atoms with van der Waals surface area (Å²) in [5.74, 6) is 0. The van der Waals surface area contributed by atoms with E-state index in [2.05, 4.69) is 12.2 Å². The molecular weight excluding hydrogens is 102 g/mol. The Bertz CT molecular complexity index is 59.5. The normalized spacial score (nSPS) is 30.4. The summed E-state index contributed by atoms with van der Waals surface area (Å²) in [4.78, 5) is 0. The Kier molecular flexibility index (Phi) is 2.30. The van der Waals surface area contributed by atoms with Gasteiger partial charge in [0, 0.05) is 12.6 Å². The maximum absolute atomic E-state index is 5.17. The minimum absolute atomic E-state index is 0.503. The molecule has 1 aliphatic heterocycles. The van der Waals surface area contributed by atoms with Crippen molar-refractivity contribution in [3.63, 3.8) is 0 Å². The van der Waals surface area contributed by atoms with Crippen molar-refractivity contribution in [1.82, 2.24) is 5.32 Å². The highest BCUT2D eigenvalue weighted by atomic mass is 16.5. The Morgan fingerprint density at radius 1 is 1.75 bits per heavy atom. The van der Waals surface area contributed by atoms with Crippen molar-refractivity contribution in [2.75, 3.05) is 19.8 Å². The summed E-state index contributed by atoms with van der Waals surface area (Å²) in [5.41, 5.74) is 0. The predicted molar refractivity (Wildman–Crippen MR) is 32.6 cm³/mol. The smallest absolute Gasteiger partial charge is 0.0620 e. The number of hydrogen-bond donors (Lipinski definition) is 1. The molecule has 47 valence electrons. The zero-order valence-corrected chi connectivity index (χ0v) is 5.02.